The fourth-order valence-corrected chi connectivity index (χ4v) is 1.54. The van der Waals surface area contributed by atoms with E-state index in [2.05, 4.69) is 24.9 Å². The van der Waals surface area contributed by atoms with Crippen LogP contribution in [0.5, 0.6) is 0 Å². The molecule has 2 rings (SSSR count). The molecular formula is C10H12N2. The summed E-state index contributed by atoms with van der Waals surface area (Å²) in [5.74, 6) is 0. The highest BCUT2D eigenvalue weighted by Gasteiger charge is 2.02. The van der Waals surface area contributed by atoms with Crippen LogP contribution in [0.25, 0.3) is 10.9 Å². The first-order valence-corrected chi connectivity index (χ1v) is 4.02. The van der Waals surface area contributed by atoms with Crippen LogP contribution < -0.4 is 5.73 Å². The highest BCUT2D eigenvalue weighted by molar-refractivity contribution is 5.92. The Labute approximate surface area is 71.4 Å². The first-order valence-electron chi connectivity index (χ1n) is 4.02. The minimum Gasteiger partial charge on any atom is -0.397 e. The molecule has 0 aliphatic carbocycles. The number of hydrogen-bond acceptors (Lipinski definition) is 1. The first-order chi connectivity index (χ1) is 5.68. The molecule has 0 unspecified atom stereocenters. The lowest BCUT2D eigenvalue weighted by atomic mass is 10.1. The van der Waals surface area contributed by atoms with E-state index in [0.29, 0.717) is 0 Å². The first kappa shape index (κ1) is 7.22. The number of nitrogens with one attached hydrogen (secondary N) is 1. The van der Waals surface area contributed by atoms with Crippen LogP contribution in [0.2, 0.25) is 0 Å². The van der Waals surface area contributed by atoms with Gasteiger partial charge in [0.05, 0.1) is 11.2 Å². The van der Waals surface area contributed by atoms with Gasteiger partial charge in [-0.2, -0.15) is 0 Å². The highest BCUT2D eigenvalue weighted by atomic mass is 14.7. The van der Waals surface area contributed by atoms with Gasteiger partial charge < -0.3 is 10.7 Å². The zero-order valence-electron chi connectivity index (χ0n) is 7.31. The van der Waals surface area contributed by atoms with Gasteiger partial charge in [0.15, 0.2) is 0 Å². The smallest absolute Gasteiger partial charge is 0.0690 e. The van der Waals surface area contributed by atoms with E-state index < -0.39 is 0 Å². The second-order valence-electron chi connectivity index (χ2n) is 3.25. The molecule has 3 N–H and O–H groups in total. The van der Waals surface area contributed by atoms with Crippen LogP contribution in [-0.2, 0) is 0 Å². The summed E-state index contributed by atoms with van der Waals surface area (Å²) in [5, 5.41) is 1.23. The lowest BCUT2D eigenvalue weighted by molar-refractivity contribution is 1.42. The van der Waals surface area contributed by atoms with Crippen molar-refractivity contribution in [1.82, 2.24) is 4.98 Å². The van der Waals surface area contributed by atoms with Crippen LogP contribution in [0.15, 0.2) is 18.3 Å². The Morgan fingerprint density at radius 2 is 2.00 bits per heavy atom. The van der Waals surface area contributed by atoms with Gasteiger partial charge in [0.1, 0.15) is 0 Å². The van der Waals surface area contributed by atoms with Crippen LogP contribution in [0.3, 0.4) is 0 Å². The van der Waals surface area contributed by atoms with Crippen molar-refractivity contribution in [2.24, 2.45) is 0 Å². The van der Waals surface area contributed by atoms with Gasteiger partial charge in [-0.3, -0.25) is 0 Å². The number of benzene rings is 1. The van der Waals surface area contributed by atoms with Gasteiger partial charge >= 0.3 is 0 Å². The molecule has 2 nitrogen and oxygen atoms in total. The number of nitrogens with two attached hydrogens (primary N) is 1. The van der Waals surface area contributed by atoms with Gasteiger partial charge in [-0.25, -0.2) is 0 Å². The molecule has 0 atom stereocenters. The zero-order chi connectivity index (χ0) is 8.72. The van der Waals surface area contributed by atoms with Crippen molar-refractivity contribution in [3.05, 3.63) is 29.5 Å². The molecule has 0 aliphatic heterocycles. The van der Waals surface area contributed by atoms with Gasteiger partial charge in [0.25, 0.3) is 0 Å². The number of fused-ring (bicyclic) bond motifs is 1. The van der Waals surface area contributed by atoms with Crippen LogP contribution in [0.1, 0.15) is 11.1 Å². The lowest BCUT2D eigenvalue weighted by Gasteiger charge is -1.99. The van der Waals surface area contributed by atoms with Gasteiger partial charge in [-0.1, -0.05) is 0 Å². The molecule has 2 aromatic rings. The number of aryl methyl sites for hydroxylation is 2. The molecule has 62 valence electrons. The molecule has 1 aromatic carbocycles. The van der Waals surface area contributed by atoms with E-state index in [9.17, 15) is 0 Å². The average molecular weight is 160 g/mol. The fourth-order valence-electron chi connectivity index (χ4n) is 1.54. The van der Waals surface area contributed by atoms with Gasteiger partial charge in [-0.05, 0) is 37.1 Å². The minimum absolute atomic E-state index is 0.832. The normalized spacial score (nSPS) is 10.8. The highest BCUT2D eigenvalue weighted by Crippen LogP contribution is 2.24. The Morgan fingerprint density at radius 1 is 1.25 bits per heavy atom. The summed E-state index contributed by atoms with van der Waals surface area (Å²) in [4.78, 5) is 3.16. The topological polar surface area (TPSA) is 41.8 Å². The van der Waals surface area contributed by atoms with E-state index in [4.69, 9.17) is 5.73 Å². The van der Waals surface area contributed by atoms with Crippen LogP contribution in [0, 0.1) is 13.8 Å². The number of hydrogen-bond donors (Lipinski definition) is 2. The van der Waals surface area contributed by atoms with E-state index in [1.54, 1.807) is 0 Å². The van der Waals surface area contributed by atoms with Crippen molar-refractivity contribution < 1.29 is 0 Å². The van der Waals surface area contributed by atoms with Crippen molar-refractivity contribution >= 4 is 16.6 Å². The predicted molar refractivity (Wildman–Crippen MR) is 52.2 cm³/mol. The number of aromatic nitrogens is 1. The van der Waals surface area contributed by atoms with E-state index in [-0.39, 0.29) is 0 Å². The molecule has 0 radical (unpaired) electrons. The monoisotopic (exact) mass is 160 g/mol. The summed E-state index contributed by atoms with van der Waals surface area (Å²) < 4.78 is 0. The number of nitrogen functional groups attached to an aromatic ring is 1. The molecule has 0 spiro atoms. The van der Waals surface area contributed by atoms with Crippen molar-refractivity contribution in [3.8, 4) is 0 Å². The number of H-pyrrole nitrogens is 1. The predicted octanol–water partition coefficient (Wildman–Crippen LogP) is 2.37. The third-order valence-corrected chi connectivity index (χ3v) is 2.17. The lowest BCUT2D eigenvalue weighted by Crippen LogP contribution is -1.87. The molecule has 0 saturated heterocycles. The Kier molecular flexibility index (Phi) is 1.37. The molecule has 0 amide bonds. The third kappa shape index (κ3) is 0.881. The molecule has 2 heteroatoms. The third-order valence-electron chi connectivity index (χ3n) is 2.17. The van der Waals surface area contributed by atoms with Gasteiger partial charge in [0, 0.05) is 11.6 Å². The second kappa shape index (κ2) is 2.27. The van der Waals surface area contributed by atoms with E-state index in [1.807, 2.05) is 12.3 Å². The number of rotatable bonds is 0. The zero-order valence-corrected chi connectivity index (χ0v) is 7.31. The molecule has 1 heterocycles. The maximum atomic E-state index is 5.84. The number of aromatic amines is 1. The summed E-state index contributed by atoms with van der Waals surface area (Å²) in [7, 11) is 0. The van der Waals surface area contributed by atoms with Gasteiger partial charge in [-0.15, -0.1) is 0 Å². The van der Waals surface area contributed by atoms with Gasteiger partial charge in [0.2, 0.25) is 0 Å². The van der Waals surface area contributed by atoms with Crippen LogP contribution in [0.4, 0.5) is 5.69 Å². The van der Waals surface area contributed by atoms with Crippen molar-refractivity contribution in [2.75, 3.05) is 5.73 Å². The molecule has 0 bridgehead atoms. The maximum absolute atomic E-state index is 5.84. The molecular weight excluding hydrogens is 148 g/mol. The summed E-state index contributed by atoms with van der Waals surface area (Å²) >= 11 is 0. The van der Waals surface area contributed by atoms with Crippen LogP contribution >= 0.6 is 0 Å². The molecule has 0 aliphatic rings. The Hall–Kier alpha value is -1.44. The molecule has 0 fully saturated rings. The molecule has 12 heavy (non-hydrogen) atoms. The largest absolute Gasteiger partial charge is 0.397 e. The maximum Gasteiger partial charge on any atom is 0.0690 e. The molecule has 1 aromatic heterocycles. The Morgan fingerprint density at radius 3 is 2.75 bits per heavy atom. The van der Waals surface area contributed by atoms with Crippen molar-refractivity contribution in [2.45, 2.75) is 13.8 Å². The van der Waals surface area contributed by atoms with E-state index in [0.717, 1.165) is 11.2 Å². The quantitative estimate of drug-likeness (QED) is 0.571. The summed E-state index contributed by atoms with van der Waals surface area (Å²) in [6.07, 6.45) is 1.99. The van der Waals surface area contributed by atoms with Crippen molar-refractivity contribution in [1.29, 1.82) is 0 Å². The molecule has 0 saturated carbocycles. The van der Waals surface area contributed by atoms with E-state index in [1.165, 1.54) is 16.5 Å². The summed E-state index contributed by atoms with van der Waals surface area (Å²) in [5.41, 5.74) is 10.2. The Bertz CT molecular complexity index is 427. The Balaban J connectivity index is 2.92. The number of anilines is 1. The van der Waals surface area contributed by atoms with Crippen molar-refractivity contribution in [3.63, 3.8) is 0 Å². The second-order valence-corrected chi connectivity index (χ2v) is 3.25. The minimum atomic E-state index is 0.832. The standard InChI is InChI=1S/C10H12N2/c1-6-3-8-7(2)5-12-10(8)9(11)4-6/h3-5,12H,11H2,1-2H3. The summed E-state index contributed by atoms with van der Waals surface area (Å²) in [6.45, 7) is 4.14. The average Bonchev–Trinajstić information content (AvgIpc) is 2.33. The summed E-state index contributed by atoms with van der Waals surface area (Å²) in [6, 6.07) is 4.13. The van der Waals surface area contributed by atoms with Crippen LogP contribution in [-0.4, -0.2) is 4.98 Å². The fraction of sp³-hybridized carbons (Fsp3) is 0.200. The van der Waals surface area contributed by atoms with E-state index >= 15 is 0 Å². The SMILES string of the molecule is Cc1cc(N)c2[nH]cc(C)c2c1.